The fourth-order valence-electron chi connectivity index (χ4n) is 1.40. The van der Waals surface area contributed by atoms with Gasteiger partial charge in [0.2, 0.25) is 0 Å². The number of nitro benzene ring substituents is 1. The molecule has 0 atom stereocenters. The summed E-state index contributed by atoms with van der Waals surface area (Å²) in [6.45, 7) is 0. The first-order chi connectivity index (χ1) is 9.58. The third kappa shape index (κ3) is 3.18. The second kappa shape index (κ2) is 5.93. The summed E-state index contributed by atoms with van der Waals surface area (Å²) in [6.07, 6.45) is 1.39. The second-order valence-electron chi connectivity index (χ2n) is 3.75. The van der Waals surface area contributed by atoms with Gasteiger partial charge in [-0.05, 0) is 29.1 Å². The predicted octanol–water partition coefficient (Wildman–Crippen LogP) is 2.00. The molecule has 0 saturated carbocycles. The summed E-state index contributed by atoms with van der Waals surface area (Å²) in [5, 5.41) is 16.0. The highest BCUT2D eigenvalue weighted by atomic mass is 32.1. The smallest absolute Gasteiger partial charge is 0.283 e. The number of carbonyl (C=O) groups excluding carboxylic acids is 1. The Labute approximate surface area is 117 Å². The Morgan fingerprint density at radius 2 is 2.05 bits per heavy atom. The Kier molecular flexibility index (Phi) is 4.06. The monoisotopic (exact) mass is 290 g/mol. The van der Waals surface area contributed by atoms with Gasteiger partial charge in [0.1, 0.15) is 4.88 Å². The molecule has 0 radical (unpaired) electrons. The molecule has 1 aromatic carbocycles. The van der Waals surface area contributed by atoms with Gasteiger partial charge in [-0.25, -0.2) is 5.43 Å². The maximum Gasteiger partial charge on any atom is 0.283 e. The lowest BCUT2D eigenvalue weighted by atomic mass is 10.2. The van der Waals surface area contributed by atoms with Crippen LogP contribution in [0.2, 0.25) is 0 Å². The molecule has 0 aliphatic heterocycles. The lowest BCUT2D eigenvalue weighted by molar-refractivity contribution is -0.384. The highest BCUT2D eigenvalue weighted by Crippen LogP contribution is 2.18. The number of hydrogen-bond acceptors (Lipinski definition) is 6. The van der Waals surface area contributed by atoms with Crippen LogP contribution in [-0.4, -0.2) is 17.0 Å². The number of hydrogen-bond donors (Lipinski definition) is 2. The molecule has 0 aliphatic carbocycles. The number of nitrogen functional groups attached to an aromatic ring is 1. The van der Waals surface area contributed by atoms with Crippen molar-refractivity contribution in [3.05, 3.63) is 56.3 Å². The summed E-state index contributed by atoms with van der Waals surface area (Å²) in [5.74, 6) is -0.393. The molecular formula is C12H10N4O3S. The lowest BCUT2D eigenvalue weighted by Crippen LogP contribution is -2.17. The lowest BCUT2D eigenvalue weighted by Gasteiger charge is -1.98. The first-order valence-corrected chi connectivity index (χ1v) is 6.36. The van der Waals surface area contributed by atoms with Crippen molar-refractivity contribution in [2.75, 3.05) is 5.73 Å². The van der Waals surface area contributed by atoms with E-state index in [9.17, 15) is 14.9 Å². The van der Waals surface area contributed by atoms with Crippen molar-refractivity contribution in [1.82, 2.24) is 5.43 Å². The third-order valence-electron chi connectivity index (χ3n) is 2.39. The van der Waals surface area contributed by atoms with E-state index in [2.05, 4.69) is 10.5 Å². The minimum Gasteiger partial charge on any atom is -0.397 e. The molecular weight excluding hydrogens is 280 g/mol. The first-order valence-electron chi connectivity index (χ1n) is 5.49. The van der Waals surface area contributed by atoms with E-state index in [1.165, 1.54) is 41.8 Å². The Morgan fingerprint density at radius 1 is 1.35 bits per heavy atom. The zero-order chi connectivity index (χ0) is 14.5. The number of nitrogens with one attached hydrogen (secondary N) is 1. The summed E-state index contributed by atoms with van der Waals surface area (Å²) in [7, 11) is 0. The maximum atomic E-state index is 11.7. The van der Waals surface area contributed by atoms with E-state index in [1.54, 1.807) is 11.4 Å². The molecule has 0 bridgehead atoms. The molecule has 20 heavy (non-hydrogen) atoms. The van der Waals surface area contributed by atoms with Crippen molar-refractivity contribution >= 4 is 34.8 Å². The quantitative estimate of drug-likeness (QED) is 0.509. The van der Waals surface area contributed by atoms with Crippen LogP contribution >= 0.6 is 11.3 Å². The van der Waals surface area contributed by atoms with Crippen LogP contribution in [0, 0.1) is 10.1 Å². The van der Waals surface area contributed by atoms with Crippen molar-refractivity contribution in [1.29, 1.82) is 0 Å². The molecule has 0 spiro atoms. The van der Waals surface area contributed by atoms with Gasteiger partial charge in [-0.15, -0.1) is 11.3 Å². The van der Waals surface area contributed by atoms with Crippen LogP contribution in [0.5, 0.6) is 0 Å². The zero-order valence-corrected chi connectivity index (χ0v) is 11.0. The molecule has 102 valence electrons. The van der Waals surface area contributed by atoms with Gasteiger partial charge in [-0.1, -0.05) is 0 Å². The van der Waals surface area contributed by atoms with Crippen LogP contribution in [-0.2, 0) is 0 Å². The van der Waals surface area contributed by atoms with E-state index in [0.717, 1.165) is 0 Å². The number of thiophene rings is 1. The normalized spacial score (nSPS) is 10.6. The number of benzene rings is 1. The minimum absolute atomic E-state index is 0.00227. The Morgan fingerprint density at radius 3 is 2.60 bits per heavy atom. The SMILES string of the molecule is Nc1ccsc1C(=O)N/N=C/c1ccc([N+](=O)[O-])cc1. The molecule has 0 aliphatic rings. The minimum atomic E-state index is -0.484. The Hall–Kier alpha value is -2.74. The largest absolute Gasteiger partial charge is 0.397 e. The molecule has 7 nitrogen and oxygen atoms in total. The van der Waals surface area contributed by atoms with Crippen LogP contribution in [0.1, 0.15) is 15.2 Å². The van der Waals surface area contributed by atoms with Crippen LogP contribution in [0.25, 0.3) is 0 Å². The molecule has 0 unspecified atom stereocenters. The van der Waals surface area contributed by atoms with Crippen LogP contribution in [0.3, 0.4) is 0 Å². The molecule has 1 amide bonds. The zero-order valence-electron chi connectivity index (χ0n) is 10.1. The van der Waals surface area contributed by atoms with Gasteiger partial charge in [0.05, 0.1) is 16.8 Å². The number of nitrogens with zero attached hydrogens (tertiary/aromatic N) is 2. The maximum absolute atomic E-state index is 11.7. The van der Waals surface area contributed by atoms with Crippen molar-refractivity contribution in [2.45, 2.75) is 0 Å². The fourth-order valence-corrected chi connectivity index (χ4v) is 2.11. The number of rotatable bonds is 4. The van der Waals surface area contributed by atoms with Gasteiger partial charge in [0, 0.05) is 12.1 Å². The summed E-state index contributed by atoms with van der Waals surface area (Å²) in [6, 6.07) is 7.43. The molecule has 8 heteroatoms. The van der Waals surface area contributed by atoms with E-state index in [1.807, 2.05) is 0 Å². The number of carbonyl (C=O) groups is 1. The molecule has 1 aromatic heterocycles. The number of nitro groups is 1. The Bertz CT molecular complexity index is 664. The van der Waals surface area contributed by atoms with Crippen LogP contribution < -0.4 is 11.2 Å². The van der Waals surface area contributed by atoms with Crippen molar-refractivity contribution < 1.29 is 9.72 Å². The van der Waals surface area contributed by atoms with Crippen LogP contribution in [0.15, 0.2) is 40.8 Å². The predicted molar refractivity (Wildman–Crippen MR) is 76.9 cm³/mol. The average molecular weight is 290 g/mol. The number of nitrogens with two attached hydrogens (primary N) is 1. The summed E-state index contributed by atoms with van der Waals surface area (Å²) in [4.78, 5) is 22.1. The van der Waals surface area contributed by atoms with E-state index in [0.29, 0.717) is 16.1 Å². The topological polar surface area (TPSA) is 111 Å². The highest BCUT2D eigenvalue weighted by Gasteiger charge is 2.09. The highest BCUT2D eigenvalue weighted by molar-refractivity contribution is 7.12. The fraction of sp³-hybridized carbons (Fsp3) is 0. The number of hydrazone groups is 1. The summed E-state index contributed by atoms with van der Waals surface area (Å²) in [5.41, 5.74) is 8.97. The number of non-ortho nitro benzene ring substituents is 1. The van der Waals surface area contributed by atoms with E-state index >= 15 is 0 Å². The van der Waals surface area contributed by atoms with Crippen LogP contribution in [0.4, 0.5) is 11.4 Å². The van der Waals surface area contributed by atoms with E-state index in [4.69, 9.17) is 5.73 Å². The number of anilines is 1. The van der Waals surface area contributed by atoms with Gasteiger partial charge in [0.25, 0.3) is 11.6 Å². The van der Waals surface area contributed by atoms with Gasteiger partial charge in [-0.3, -0.25) is 14.9 Å². The van der Waals surface area contributed by atoms with Gasteiger partial charge < -0.3 is 5.73 Å². The first kappa shape index (κ1) is 13.7. The van der Waals surface area contributed by atoms with Gasteiger partial charge >= 0.3 is 0 Å². The van der Waals surface area contributed by atoms with E-state index < -0.39 is 10.8 Å². The molecule has 0 saturated heterocycles. The second-order valence-corrected chi connectivity index (χ2v) is 4.67. The molecule has 3 N–H and O–H groups in total. The molecule has 2 rings (SSSR count). The standard InChI is InChI=1S/C12H10N4O3S/c13-10-5-6-20-11(10)12(17)15-14-7-8-1-3-9(4-2-8)16(18)19/h1-7H,13H2,(H,15,17)/b14-7+. The third-order valence-corrected chi connectivity index (χ3v) is 3.31. The molecule has 1 heterocycles. The van der Waals surface area contributed by atoms with Crippen molar-refractivity contribution in [3.8, 4) is 0 Å². The van der Waals surface area contributed by atoms with E-state index in [-0.39, 0.29) is 5.69 Å². The van der Waals surface area contributed by atoms with Gasteiger partial charge in [0.15, 0.2) is 0 Å². The molecule has 2 aromatic rings. The summed E-state index contributed by atoms with van der Waals surface area (Å²) < 4.78 is 0. The van der Waals surface area contributed by atoms with Gasteiger partial charge in [-0.2, -0.15) is 5.10 Å². The Balaban J connectivity index is 1.98. The molecule has 0 fully saturated rings. The van der Waals surface area contributed by atoms with Crippen molar-refractivity contribution in [3.63, 3.8) is 0 Å². The summed E-state index contributed by atoms with van der Waals surface area (Å²) >= 11 is 1.22. The van der Waals surface area contributed by atoms with Crippen molar-refractivity contribution in [2.24, 2.45) is 5.10 Å². The average Bonchev–Trinajstić information content (AvgIpc) is 2.85. The number of amides is 1.